The number of hydrogen-bond acceptors (Lipinski definition) is 5. The third-order valence-electron chi connectivity index (χ3n) is 2.09. The second-order valence-electron chi connectivity index (χ2n) is 3.42. The zero-order valence-corrected chi connectivity index (χ0v) is 10.3. The Labute approximate surface area is 99.2 Å². The van der Waals surface area contributed by atoms with Crippen molar-refractivity contribution < 1.29 is 4.79 Å². The molecule has 5 nitrogen and oxygen atoms in total. The zero-order valence-electron chi connectivity index (χ0n) is 9.43. The van der Waals surface area contributed by atoms with Crippen LogP contribution in [0.2, 0.25) is 0 Å². The molecule has 1 aromatic heterocycles. The van der Waals surface area contributed by atoms with Crippen LogP contribution in [0.5, 0.6) is 0 Å². The van der Waals surface area contributed by atoms with E-state index in [9.17, 15) is 4.79 Å². The van der Waals surface area contributed by atoms with Crippen molar-refractivity contribution in [2.24, 2.45) is 5.73 Å². The van der Waals surface area contributed by atoms with Gasteiger partial charge in [-0.1, -0.05) is 11.8 Å². The number of amides is 1. The molecule has 0 bridgehead atoms. The van der Waals surface area contributed by atoms with Crippen LogP contribution in [0, 0.1) is 6.92 Å². The standard InChI is InChI=1S/C10H16N4OS/c1-7-5-13-10(14-6-7)16-4-3-8(12-2)9(11)15/h5-6,8,12H,3-4H2,1-2H3,(H2,11,15). The lowest BCUT2D eigenvalue weighted by atomic mass is 10.2. The van der Waals surface area contributed by atoms with Crippen LogP contribution in [-0.4, -0.2) is 34.7 Å². The molecule has 3 N–H and O–H groups in total. The van der Waals surface area contributed by atoms with Crippen molar-refractivity contribution in [1.82, 2.24) is 15.3 Å². The van der Waals surface area contributed by atoms with Crippen molar-refractivity contribution in [3.05, 3.63) is 18.0 Å². The molecule has 1 atom stereocenters. The van der Waals surface area contributed by atoms with Gasteiger partial charge in [0.2, 0.25) is 5.91 Å². The number of rotatable bonds is 6. The molecular formula is C10H16N4OS. The summed E-state index contributed by atoms with van der Waals surface area (Å²) in [6, 6.07) is -0.280. The fraction of sp³-hybridized carbons (Fsp3) is 0.500. The number of primary amides is 1. The number of carbonyl (C=O) groups excluding carboxylic acids is 1. The highest BCUT2D eigenvalue weighted by Gasteiger charge is 2.12. The molecule has 1 heterocycles. The van der Waals surface area contributed by atoms with E-state index in [1.165, 1.54) is 11.8 Å². The minimum absolute atomic E-state index is 0.280. The van der Waals surface area contributed by atoms with Gasteiger partial charge in [0.15, 0.2) is 5.16 Å². The fourth-order valence-electron chi connectivity index (χ4n) is 1.15. The molecule has 0 radical (unpaired) electrons. The number of thioether (sulfide) groups is 1. The maximum Gasteiger partial charge on any atom is 0.234 e. The van der Waals surface area contributed by atoms with Gasteiger partial charge < -0.3 is 11.1 Å². The minimum atomic E-state index is -0.326. The summed E-state index contributed by atoms with van der Waals surface area (Å²) in [5.74, 6) is 0.435. The van der Waals surface area contributed by atoms with Crippen LogP contribution in [0.25, 0.3) is 0 Å². The number of likely N-dealkylation sites (N-methyl/N-ethyl adjacent to an activating group) is 1. The van der Waals surface area contributed by atoms with Crippen LogP contribution in [-0.2, 0) is 4.79 Å². The van der Waals surface area contributed by atoms with Crippen LogP contribution in [0.15, 0.2) is 17.6 Å². The summed E-state index contributed by atoms with van der Waals surface area (Å²) in [5, 5.41) is 3.59. The summed E-state index contributed by atoms with van der Waals surface area (Å²) in [4.78, 5) is 19.3. The van der Waals surface area contributed by atoms with Crippen molar-refractivity contribution >= 4 is 17.7 Å². The second-order valence-corrected chi connectivity index (χ2v) is 4.49. The van der Waals surface area contributed by atoms with E-state index in [0.29, 0.717) is 6.42 Å². The minimum Gasteiger partial charge on any atom is -0.368 e. The van der Waals surface area contributed by atoms with Gasteiger partial charge in [-0.05, 0) is 26.0 Å². The highest BCUT2D eigenvalue weighted by atomic mass is 32.2. The van der Waals surface area contributed by atoms with Gasteiger partial charge in [0, 0.05) is 18.1 Å². The Morgan fingerprint density at radius 2 is 2.19 bits per heavy atom. The maximum absolute atomic E-state index is 10.9. The van der Waals surface area contributed by atoms with Gasteiger partial charge in [-0.3, -0.25) is 4.79 Å². The van der Waals surface area contributed by atoms with Crippen LogP contribution in [0.4, 0.5) is 0 Å². The summed E-state index contributed by atoms with van der Waals surface area (Å²) in [5.41, 5.74) is 6.24. The molecule has 0 aliphatic carbocycles. The van der Waals surface area contributed by atoms with Crippen LogP contribution in [0.3, 0.4) is 0 Å². The highest BCUT2D eigenvalue weighted by Crippen LogP contribution is 2.13. The van der Waals surface area contributed by atoms with Gasteiger partial charge in [-0.25, -0.2) is 9.97 Å². The van der Waals surface area contributed by atoms with Crippen LogP contribution >= 0.6 is 11.8 Å². The Bertz CT molecular complexity index is 341. The number of nitrogens with two attached hydrogens (primary N) is 1. The van der Waals surface area contributed by atoms with E-state index in [1.807, 2.05) is 6.92 Å². The first-order valence-corrected chi connectivity index (χ1v) is 6.00. The number of aromatic nitrogens is 2. The first kappa shape index (κ1) is 12.9. The molecule has 0 aromatic carbocycles. The number of hydrogen-bond donors (Lipinski definition) is 2. The molecule has 0 aliphatic rings. The van der Waals surface area contributed by atoms with Crippen molar-refractivity contribution in [2.75, 3.05) is 12.8 Å². The number of nitrogens with one attached hydrogen (secondary N) is 1. The van der Waals surface area contributed by atoms with Crippen molar-refractivity contribution in [1.29, 1.82) is 0 Å². The number of nitrogens with zero attached hydrogens (tertiary/aromatic N) is 2. The zero-order chi connectivity index (χ0) is 12.0. The Morgan fingerprint density at radius 1 is 1.56 bits per heavy atom. The summed E-state index contributed by atoms with van der Waals surface area (Å²) >= 11 is 1.52. The van der Waals surface area contributed by atoms with E-state index < -0.39 is 0 Å². The maximum atomic E-state index is 10.9. The van der Waals surface area contributed by atoms with Gasteiger partial charge in [0.25, 0.3) is 0 Å². The normalized spacial score (nSPS) is 12.4. The molecular weight excluding hydrogens is 224 g/mol. The van der Waals surface area contributed by atoms with Gasteiger partial charge in [0.05, 0.1) is 6.04 Å². The molecule has 0 saturated heterocycles. The molecule has 1 amide bonds. The molecule has 1 rings (SSSR count). The lowest BCUT2D eigenvalue weighted by molar-refractivity contribution is -0.119. The van der Waals surface area contributed by atoms with E-state index in [0.717, 1.165) is 16.5 Å². The Balaban J connectivity index is 2.35. The molecule has 1 aromatic rings. The summed E-state index contributed by atoms with van der Waals surface area (Å²) in [6.07, 6.45) is 4.23. The molecule has 6 heteroatoms. The smallest absolute Gasteiger partial charge is 0.234 e. The Hall–Kier alpha value is -1.14. The lowest BCUT2D eigenvalue weighted by Crippen LogP contribution is -2.39. The fourth-order valence-corrected chi connectivity index (χ4v) is 1.94. The molecule has 0 spiro atoms. The number of carbonyl (C=O) groups is 1. The van der Waals surface area contributed by atoms with Crippen LogP contribution < -0.4 is 11.1 Å². The summed E-state index contributed by atoms with van der Waals surface area (Å²) < 4.78 is 0. The second kappa shape index (κ2) is 6.44. The Kier molecular flexibility index (Phi) is 5.21. The molecule has 1 unspecified atom stereocenters. The van der Waals surface area contributed by atoms with Crippen LogP contribution in [0.1, 0.15) is 12.0 Å². The topological polar surface area (TPSA) is 80.9 Å². The average molecular weight is 240 g/mol. The predicted octanol–water partition coefficient (Wildman–Crippen LogP) is 0.341. The predicted molar refractivity (Wildman–Crippen MR) is 64.2 cm³/mol. The van der Waals surface area contributed by atoms with E-state index in [-0.39, 0.29) is 11.9 Å². The van der Waals surface area contributed by atoms with Gasteiger partial charge >= 0.3 is 0 Å². The SMILES string of the molecule is CNC(CCSc1ncc(C)cn1)C(N)=O. The third-order valence-corrected chi connectivity index (χ3v) is 3.00. The first-order chi connectivity index (χ1) is 7.63. The third kappa shape index (κ3) is 4.16. The highest BCUT2D eigenvalue weighted by molar-refractivity contribution is 7.99. The van der Waals surface area contributed by atoms with Gasteiger partial charge in [0.1, 0.15) is 0 Å². The molecule has 0 aliphatic heterocycles. The van der Waals surface area contributed by atoms with E-state index >= 15 is 0 Å². The van der Waals surface area contributed by atoms with Gasteiger partial charge in [-0.15, -0.1) is 0 Å². The average Bonchev–Trinajstić information content (AvgIpc) is 2.26. The van der Waals surface area contributed by atoms with Crippen molar-refractivity contribution in [3.63, 3.8) is 0 Å². The number of aryl methyl sites for hydroxylation is 1. The van der Waals surface area contributed by atoms with E-state index in [1.54, 1.807) is 19.4 Å². The molecule has 16 heavy (non-hydrogen) atoms. The lowest BCUT2D eigenvalue weighted by Gasteiger charge is -2.10. The largest absolute Gasteiger partial charge is 0.368 e. The first-order valence-electron chi connectivity index (χ1n) is 5.01. The molecule has 0 fully saturated rings. The monoisotopic (exact) mass is 240 g/mol. The molecule has 0 saturated carbocycles. The quantitative estimate of drug-likeness (QED) is 0.553. The van der Waals surface area contributed by atoms with Gasteiger partial charge in [-0.2, -0.15) is 0 Å². The summed E-state index contributed by atoms with van der Waals surface area (Å²) in [7, 11) is 1.72. The summed E-state index contributed by atoms with van der Waals surface area (Å²) in [6.45, 7) is 1.94. The molecule has 88 valence electrons. The van der Waals surface area contributed by atoms with Crippen molar-refractivity contribution in [3.8, 4) is 0 Å². The van der Waals surface area contributed by atoms with Crippen molar-refractivity contribution in [2.45, 2.75) is 24.5 Å². The van der Waals surface area contributed by atoms with E-state index in [4.69, 9.17) is 5.73 Å². The Morgan fingerprint density at radius 3 is 2.69 bits per heavy atom. The van der Waals surface area contributed by atoms with E-state index in [2.05, 4.69) is 15.3 Å².